The molecule has 1 unspecified atom stereocenters. The number of ether oxygens (including phenoxy) is 1. The predicted octanol–water partition coefficient (Wildman–Crippen LogP) is 1.34. The van der Waals surface area contributed by atoms with Gasteiger partial charge in [-0.05, 0) is 18.9 Å². The van der Waals surface area contributed by atoms with Crippen molar-refractivity contribution in [3.8, 4) is 0 Å². The first kappa shape index (κ1) is 12.9. The topological polar surface area (TPSA) is 24.5 Å². The molecule has 1 heterocycles. The second-order valence-electron chi connectivity index (χ2n) is 5.34. The number of nitrogens with zero attached hydrogens (tertiary/aromatic N) is 1. The molecule has 0 amide bonds. The highest BCUT2D eigenvalue weighted by Gasteiger charge is 2.26. The van der Waals surface area contributed by atoms with Gasteiger partial charge in [-0.1, -0.05) is 20.8 Å². The molecule has 0 aromatic carbocycles. The maximum absolute atomic E-state index is 5.45. The average Bonchev–Trinajstić information content (AvgIpc) is 2.18. The first-order valence-electron chi connectivity index (χ1n) is 6.07. The number of hydrogen-bond acceptors (Lipinski definition) is 3. The molecule has 15 heavy (non-hydrogen) atoms. The molecule has 90 valence electrons. The Morgan fingerprint density at radius 2 is 2.20 bits per heavy atom. The number of nitrogens with one attached hydrogen (secondary N) is 1. The van der Waals surface area contributed by atoms with Gasteiger partial charge in [0.05, 0.1) is 13.2 Å². The van der Waals surface area contributed by atoms with Crippen LogP contribution in [0.25, 0.3) is 0 Å². The summed E-state index contributed by atoms with van der Waals surface area (Å²) < 4.78 is 5.45. The summed E-state index contributed by atoms with van der Waals surface area (Å²) in [6, 6.07) is 0.569. The van der Waals surface area contributed by atoms with Crippen molar-refractivity contribution in [2.75, 3.05) is 39.4 Å². The van der Waals surface area contributed by atoms with Gasteiger partial charge in [0.1, 0.15) is 0 Å². The lowest BCUT2D eigenvalue weighted by Gasteiger charge is -2.39. The lowest BCUT2D eigenvalue weighted by Crippen LogP contribution is -2.49. The Hall–Kier alpha value is -0.120. The first-order chi connectivity index (χ1) is 7.05. The Balaban J connectivity index is 2.37. The molecule has 0 radical (unpaired) electrons. The maximum atomic E-state index is 5.45. The lowest BCUT2D eigenvalue weighted by molar-refractivity contribution is -0.0157. The van der Waals surface area contributed by atoms with E-state index in [1.807, 2.05) is 0 Å². The van der Waals surface area contributed by atoms with Crippen LogP contribution < -0.4 is 5.32 Å². The van der Waals surface area contributed by atoms with Crippen LogP contribution in [0.2, 0.25) is 0 Å². The molecule has 1 N–H and O–H groups in total. The van der Waals surface area contributed by atoms with E-state index < -0.39 is 0 Å². The monoisotopic (exact) mass is 214 g/mol. The van der Waals surface area contributed by atoms with Crippen molar-refractivity contribution in [1.82, 2.24) is 10.2 Å². The number of hydrogen-bond donors (Lipinski definition) is 1. The highest BCUT2D eigenvalue weighted by Crippen LogP contribution is 2.18. The molecular formula is C12H26N2O. The van der Waals surface area contributed by atoms with Crippen LogP contribution in [-0.4, -0.2) is 50.3 Å². The van der Waals surface area contributed by atoms with E-state index in [9.17, 15) is 0 Å². The molecule has 0 aromatic rings. The predicted molar refractivity (Wildman–Crippen MR) is 64.2 cm³/mol. The summed E-state index contributed by atoms with van der Waals surface area (Å²) in [5.41, 5.74) is 0.349. The molecule has 3 heteroatoms. The standard InChI is InChI=1S/C12H26N2O/c1-5-13-9-12(3,4)10-14-6-7-15-8-11(14)2/h11,13H,5-10H2,1-4H3. The minimum Gasteiger partial charge on any atom is -0.379 e. The molecule has 1 rings (SSSR count). The second kappa shape index (κ2) is 5.83. The average molecular weight is 214 g/mol. The van der Waals surface area contributed by atoms with E-state index in [4.69, 9.17) is 4.74 Å². The molecule has 0 aromatic heterocycles. The van der Waals surface area contributed by atoms with Crippen LogP contribution in [0, 0.1) is 5.41 Å². The summed E-state index contributed by atoms with van der Waals surface area (Å²) in [5, 5.41) is 3.44. The van der Waals surface area contributed by atoms with Gasteiger partial charge in [0.25, 0.3) is 0 Å². The summed E-state index contributed by atoms with van der Waals surface area (Å²) in [6.07, 6.45) is 0. The zero-order chi connectivity index (χ0) is 11.3. The Bertz CT molecular complexity index is 182. The fourth-order valence-corrected chi connectivity index (χ4v) is 2.07. The third kappa shape index (κ3) is 4.49. The summed E-state index contributed by atoms with van der Waals surface area (Å²) in [5.74, 6) is 0. The highest BCUT2D eigenvalue weighted by molar-refractivity contribution is 4.80. The van der Waals surface area contributed by atoms with E-state index in [1.165, 1.54) is 0 Å². The van der Waals surface area contributed by atoms with Crippen LogP contribution in [0.3, 0.4) is 0 Å². The Kier molecular flexibility index (Phi) is 5.03. The van der Waals surface area contributed by atoms with E-state index in [1.54, 1.807) is 0 Å². The SMILES string of the molecule is CCNCC(C)(C)CN1CCOCC1C. The zero-order valence-corrected chi connectivity index (χ0v) is 10.7. The van der Waals surface area contributed by atoms with Gasteiger partial charge in [0.2, 0.25) is 0 Å². The van der Waals surface area contributed by atoms with E-state index in [0.717, 1.165) is 39.4 Å². The van der Waals surface area contributed by atoms with Crippen LogP contribution >= 0.6 is 0 Å². The summed E-state index contributed by atoms with van der Waals surface area (Å²) >= 11 is 0. The van der Waals surface area contributed by atoms with E-state index >= 15 is 0 Å². The van der Waals surface area contributed by atoms with Crippen LogP contribution in [0.1, 0.15) is 27.7 Å². The van der Waals surface area contributed by atoms with Gasteiger partial charge in [0, 0.05) is 25.7 Å². The maximum Gasteiger partial charge on any atom is 0.0619 e. The van der Waals surface area contributed by atoms with Crippen LogP contribution in [-0.2, 0) is 4.74 Å². The smallest absolute Gasteiger partial charge is 0.0619 e. The molecule has 0 saturated carbocycles. The fourth-order valence-electron chi connectivity index (χ4n) is 2.07. The lowest BCUT2D eigenvalue weighted by atomic mass is 9.92. The van der Waals surface area contributed by atoms with Crippen LogP contribution in [0.15, 0.2) is 0 Å². The van der Waals surface area contributed by atoms with Crippen LogP contribution in [0.5, 0.6) is 0 Å². The van der Waals surface area contributed by atoms with Crippen LogP contribution in [0.4, 0.5) is 0 Å². The minimum atomic E-state index is 0.349. The molecule has 3 nitrogen and oxygen atoms in total. The zero-order valence-electron chi connectivity index (χ0n) is 10.7. The van der Waals surface area contributed by atoms with Gasteiger partial charge in [0.15, 0.2) is 0 Å². The number of rotatable bonds is 5. The molecule has 0 spiro atoms. The van der Waals surface area contributed by atoms with Crippen molar-refractivity contribution in [2.45, 2.75) is 33.7 Å². The summed E-state index contributed by atoms with van der Waals surface area (Å²) in [6.45, 7) is 15.2. The molecule has 1 aliphatic heterocycles. The molecule has 1 fully saturated rings. The van der Waals surface area contributed by atoms with Crippen molar-refractivity contribution >= 4 is 0 Å². The molecule has 1 aliphatic rings. The third-order valence-corrected chi connectivity index (χ3v) is 2.99. The van der Waals surface area contributed by atoms with Gasteiger partial charge in [-0.15, -0.1) is 0 Å². The highest BCUT2D eigenvalue weighted by atomic mass is 16.5. The van der Waals surface area contributed by atoms with Gasteiger partial charge < -0.3 is 10.1 Å². The number of morpholine rings is 1. The Morgan fingerprint density at radius 1 is 1.47 bits per heavy atom. The van der Waals surface area contributed by atoms with Crippen molar-refractivity contribution < 1.29 is 4.74 Å². The summed E-state index contributed by atoms with van der Waals surface area (Å²) in [4.78, 5) is 2.54. The molecule has 1 saturated heterocycles. The van der Waals surface area contributed by atoms with Crippen molar-refractivity contribution in [3.05, 3.63) is 0 Å². The van der Waals surface area contributed by atoms with E-state index in [2.05, 4.69) is 37.9 Å². The summed E-state index contributed by atoms with van der Waals surface area (Å²) in [7, 11) is 0. The fraction of sp³-hybridized carbons (Fsp3) is 1.00. The molecule has 0 bridgehead atoms. The largest absolute Gasteiger partial charge is 0.379 e. The van der Waals surface area contributed by atoms with Gasteiger partial charge in [-0.2, -0.15) is 0 Å². The van der Waals surface area contributed by atoms with Crippen molar-refractivity contribution in [1.29, 1.82) is 0 Å². The quantitative estimate of drug-likeness (QED) is 0.747. The van der Waals surface area contributed by atoms with Gasteiger partial charge in [-0.3, -0.25) is 4.90 Å². The third-order valence-electron chi connectivity index (χ3n) is 2.99. The Labute approximate surface area is 94.2 Å². The first-order valence-corrected chi connectivity index (χ1v) is 6.07. The van der Waals surface area contributed by atoms with E-state index in [-0.39, 0.29) is 0 Å². The van der Waals surface area contributed by atoms with Gasteiger partial charge >= 0.3 is 0 Å². The van der Waals surface area contributed by atoms with Gasteiger partial charge in [-0.25, -0.2) is 0 Å². The second-order valence-corrected chi connectivity index (χ2v) is 5.34. The minimum absolute atomic E-state index is 0.349. The molecule has 0 aliphatic carbocycles. The van der Waals surface area contributed by atoms with Crippen molar-refractivity contribution in [3.63, 3.8) is 0 Å². The molecular weight excluding hydrogens is 188 g/mol. The van der Waals surface area contributed by atoms with Crippen molar-refractivity contribution in [2.24, 2.45) is 5.41 Å². The normalized spacial score (nSPS) is 24.4. The molecule has 1 atom stereocenters. The Morgan fingerprint density at radius 3 is 2.80 bits per heavy atom. The van der Waals surface area contributed by atoms with E-state index in [0.29, 0.717) is 11.5 Å².